The van der Waals surface area contributed by atoms with Gasteiger partial charge in [0.2, 0.25) is 11.8 Å². The number of amides is 2. The molecule has 9 heteroatoms. The molecule has 1 fully saturated rings. The fourth-order valence-electron chi connectivity index (χ4n) is 4.75. The van der Waals surface area contributed by atoms with Crippen molar-refractivity contribution in [2.24, 2.45) is 0 Å². The third-order valence-electron chi connectivity index (χ3n) is 7.10. The van der Waals surface area contributed by atoms with Gasteiger partial charge >= 0.3 is 0 Å². The predicted octanol–water partition coefficient (Wildman–Crippen LogP) is 5.32. The molecule has 0 aliphatic heterocycles. The second kappa shape index (κ2) is 12.7. The van der Waals surface area contributed by atoms with Gasteiger partial charge in [0, 0.05) is 17.6 Å². The molecule has 1 aliphatic carbocycles. The van der Waals surface area contributed by atoms with Gasteiger partial charge in [-0.15, -0.1) is 0 Å². The van der Waals surface area contributed by atoms with Gasteiger partial charge in [0.1, 0.15) is 12.6 Å². The zero-order valence-electron chi connectivity index (χ0n) is 22.2. The van der Waals surface area contributed by atoms with Crippen LogP contribution in [-0.4, -0.2) is 43.8 Å². The van der Waals surface area contributed by atoms with Crippen molar-refractivity contribution in [1.82, 2.24) is 10.2 Å². The molecule has 39 heavy (non-hydrogen) atoms. The molecular weight excluding hydrogens is 534 g/mol. The fraction of sp³-hybridized carbons (Fsp3) is 0.333. The number of aryl methyl sites for hydroxylation is 1. The van der Waals surface area contributed by atoms with Crippen molar-refractivity contribution < 1.29 is 18.0 Å². The standard InChI is InChI=1S/C30H34ClN3O4S/c1-22-16-18-27(19-17-22)39(37,38)34(26-13-4-3-5-14-26)21-29(35)33(20-24-10-6-9-15-28(24)31)23(2)30(36)32-25-11-7-8-12-25/h3-6,9-10,13-19,23,25H,7-8,11-12,20-21H2,1-2H3,(H,32,36)/t23-/m0/s1. The summed E-state index contributed by atoms with van der Waals surface area (Å²) in [5.74, 6) is -0.779. The number of nitrogens with zero attached hydrogens (tertiary/aromatic N) is 2. The van der Waals surface area contributed by atoms with Crippen molar-refractivity contribution in [3.05, 3.63) is 95.0 Å². The van der Waals surface area contributed by atoms with E-state index in [0.29, 0.717) is 16.3 Å². The molecule has 1 atom stereocenters. The number of sulfonamides is 1. The van der Waals surface area contributed by atoms with E-state index in [9.17, 15) is 18.0 Å². The quantitative estimate of drug-likeness (QED) is 0.359. The summed E-state index contributed by atoms with van der Waals surface area (Å²) >= 11 is 6.42. The van der Waals surface area contributed by atoms with Gasteiger partial charge in [-0.3, -0.25) is 13.9 Å². The van der Waals surface area contributed by atoms with Crippen LogP contribution in [0.15, 0.2) is 83.8 Å². The van der Waals surface area contributed by atoms with Crippen LogP contribution >= 0.6 is 11.6 Å². The Morgan fingerprint density at radius 3 is 2.21 bits per heavy atom. The number of anilines is 1. The Bertz CT molecular complexity index is 1390. The summed E-state index contributed by atoms with van der Waals surface area (Å²) < 4.78 is 28.7. The van der Waals surface area contributed by atoms with E-state index in [4.69, 9.17) is 11.6 Å². The monoisotopic (exact) mass is 567 g/mol. The first-order valence-corrected chi connectivity index (χ1v) is 15.0. The number of carbonyl (C=O) groups excluding carboxylic acids is 2. The third kappa shape index (κ3) is 6.99. The number of nitrogens with one attached hydrogen (secondary N) is 1. The Morgan fingerprint density at radius 2 is 1.56 bits per heavy atom. The zero-order valence-corrected chi connectivity index (χ0v) is 23.8. The van der Waals surface area contributed by atoms with E-state index in [0.717, 1.165) is 35.6 Å². The zero-order chi connectivity index (χ0) is 28.0. The van der Waals surface area contributed by atoms with Crippen molar-refractivity contribution in [2.75, 3.05) is 10.8 Å². The average molecular weight is 568 g/mol. The van der Waals surface area contributed by atoms with Crippen LogP contribution in [0.3, 0.4) is 0 Å². The topological polar surface area (TPSA) is 86.8 Å². The summed E-state index contributed by atoms with van der Waals surface area (Å²) in [6.45, 7) is 3.12. The Morgan fingerprint density at radius 1 is 0.949 bits per heavy atom. The number of benzene rings is 3. The average Bonchev–Trinajstić information content (AvgIpc) is 3.44. The van der Waals surface area contributed by atoms with E-state index in [1.807, 2.05) is 13.0 Å². The molecule has 0 bridgehead atoms. The summed E-state index contributed by atoms with van der Waals surface area (Å²) in [7, 11) is -4.09. The number of halogens is 1. The Hall–Kier alpha value is -3.36. The van der Waals surface area contributed by atoms with Crippen molar-refractivity contribution in [3.63, 3.8) is 0 Å². The number of hydrogen-bond acceptors (Lipinski definition) is 4. The molecule has 3 aromatic rings. The second-order valence-electron chi connectivity index (χ2n) is 9.94. The number of rotatable bonds is 10. The number of hydrogen-bond donors (Lipinski definition) is 1. The Labute approximate surface area is 235 Å². The van der Waals surface area contributed by atoms with Crippen molar-refractivity contribution in [1.29, 1.82) is 0 Å². The highest BCUT2D eigenvalue weighted by molar-refractivity contribution is 7.92. The van der Waals surface area contributed by atoms with Crippen LogP contribution in [0, 0.1) is 6.92 Å². The molecular formula is C30H34ClN3O4S. The number of para-hydroxylation sites is 1. The lowest BCUT2D eigenvalue weighted by atomic mass is 10.1. The summed E-state index contributed by atoms with van der Waals surface area (Å²) in [6.07, 6.45) is 3.94. The van der Waals surface area contributed by atoms with E-state index in [-0.39, 0.29) is 23.4 Å². The van der Waals surface area contributed by atoms with Crippen LogP contribution in [0.4, 0.5) is 5.69 Å². The summed E-state index contributed by atoms with van der Waals surface area (Å²) in [5.41, 5.74) is 1.94. The molecule has 3 aromatic carbocycles. The van der Waals surface area contributed by atoms with E-state index in [1.54, 1.807) is 67.6 Å². The molecule has 0 saturated heterocycles. The molecule has 1 N–H and O–H groups in total. The normalized spacial score (nSPS) is 14.5. The fourth-order valence-corrected chi connectivity index (χ4v) is 6.35. The smallest absolute Gasteiger partial charge is 0.264 e. The minimum absolute atomic E-state index is 0.0605. The van der Waals surface area contributed by atoms with Crippen LogP contribution < -0.4 is 9.62 Å². The van der Waals surface area contributed by atoms with Gasteiger partial charge in [0.25, 0.3) is 10.0 Å². The maximum atomic E-state index is 14.0. The van der Waals surface area contributed by atoms with E-state index in [2.05, 4.69) is 5.32 Å². The van der Waals surface area contributed by atoms with E-state index in [1.165, 1.54) is 17.0 Å². The van der Waals surface area contributed by atoms with Gasteiger partial charge < -0.3 is 10.2 Å². The molecule has 0 aromatic heterocycles. The van der Waals surface area contributed by atoms with Crippen LogP contribution in [0.5, 0.6) is 0 Å². The first-order chi connectivity index (χ1) is 18.7. The first-order valence-electron chi connectivity index (χ1n) is 13.1. The SMILES string of the molecule is Cc1ccc(S(=O)(=O)N(CC(=O)N(Cc2ccccc2Cl)[C@@H](C)C(=O)NC2CCCC2)c2ccccc2)cc1. The summed E-state index contributed by atoms with van der Waals surface area (Å²) in [4.78, 5) is 28.7. The van der Waals surface area contributed by atoms with Gasteiger partial charge in [-0.1, -0.05) is 78.5 Å². The van der Waals surface area contributed by atoms with Crippen LogP contribution in [0.2, 0.25) is 5.02 Å². The van der Waals surface area contributed by atoms with Crippen molar-refractivity contribution in [2.45, 2.75) is 63.1 Å². The molecule has 0 radical (unpaired) electrons. The van der Waals surface area contributed by atoms with E-state index < -0.39 is 28.5 Å². The first kappa shape index (κ1) is 28.6. The van der Waals surface area contributed by atoms with Gasteiger partial charge in [-0.2, -0.15) is 0 Å². The number of carbonyl (C=O) groups is 2. The largest absolute Gasteiger partial charge is 0.352 e. The second-order valence-corrected chi connectivity index (χ2v) is 12.2. The van der Waals surface area contributed by atoms with Gasteiger partial charge in [-0.25, -0.2) is 8.42 Å². The van der Waals surface area contributed by atoms with Gasteiger partial charge in [-0.05, 0) is 62.6 Å². The van der Waals surface area contributed by atoms with Crippen LogP contribution in [0.1, 0.15) is 43.7 Å². The highest BCUT2D eigenvalue weighted by Crippen LogP contribution is 2.26. The molecule has 1 aliphatic rings. The van der Waals surface area contributed by atoms with E-state index >= 15 is 0 Å². The third-order valence-corrected chi connectivity index (χ3v) is 9.26. The van der Waals surface area contributed by atoms with Crippen LogP contribution in [0.25, 0.3) is 0 Å². The maximum absolute atomic E-state index is 14.0. The highest BCUT2D eigenvalue weighted by atomic mass is 35.5. The van der Waals surface area contributed by atoms with Crippen molar-refractivity contribution >= 4 is 39.1 Å². The van der Waals surface area contributed by atoms with Crippen LogP contribution in [-0.2, 0) is 26.2 Å². The Balaban J connectivity index is 1.67. The molecule has 2 amide bonds. The lowest BCUT2D eigenvalue weighted by Gasteiger charge is -2.32. The van der Waals surface area contributed by atoms with Gasteiger partial charge in [0.15, 0.2) is 0 Å². The lowest BCUT2D eigenvalue weighted by Crippen LogP contribution is -2.52. The predicted molar refractivity (Wildman–Crippen MR) is 154 cm³/mol. The molecule has 0 heterocycles. The minimum Gasteiger partial charge on any atom is -0.352 e. The molecule has 1 saturated carbocycles. The molecule has 4 rings (SSSR count). The summed E-state index contributed by atoms with van der Waals surface area (Å²) in [6, 6.07) is 21.4. The van der Waals surface area contributed by atoms with Crippen molar-refractivity contribution in [3.8, 4) is 0 Å². The highest BCUT2D eigenvalue weighted by Gasteiger charge is 2.33. The molecule has 0 unspecified atom stereocenters. The minimum atomic E-state index is -4.09. The lowest BCUT2D eigenvalue weighted by molar-refractivity contribution is -0.139. The molecule has 0 spiro atoms. The molecule has 206 valence electrons. The Kier molecular flexibility index (Phi) is 9.30. The molecule has 7 nitrogen and oxygen atoms in total. The summed E-state index contributed by atoms with van der Waals surface area (Å²) in [5, 5.41) is 3.53. The van der Waals surface area contributed by atoms with Gasteiger partial charge in [0.05, 0.1) is 10.6 Å². The maximum Gasteiger partial charge on any atom is 0.264 e.